The van der Waals surface area contributed by atoms with Crippen molar-refractivity contribution in [3.63, 3.8) is 0 Å². The third-order valence-electron chi connectivity index (χ3n) is 12.7. The van der Waals surface area contributed by atoms with Crippen LogP contribution in [0, 0.1) is 38.7 Å². The van der Waals surface area contributed by atoms with Gasteiger partial charge in [0.2, 0.25) is 11.7 Å². The highest BCUT2D eigenvalue weighted by molar-refractivity contribution is 6.01. The largest absolute Gasteiger partial charge is 0.514 e. The second kappa shape index (κ2) is 17.2. The number of alkyl halides is 1. The lowest BCUT2D eigenvalue weighted by Crippen LogP contribution is -2.64. The average molecular weight is 815 g/mol. The summed E-state index contributed by atoms with van der Waals surface area (Å²) in [5, 5.41) is 23.8. The number of hydrogen-bond donors (Lipinski definition) is 2. The van der Waals surface area contributed by atoms with Gasteiger partial charge in [0.05, 0.1) is 25.4 Å². The predicted octanol–water partition coefficient (Wildman–Crippen LogP) is 4.47. The minimum atomic E-state index is -1.59. The number of aliphatic hydroxyl groups is 1. The SMILES string of the molecule is CCCC1O[C@@H]2C[C@H]3[C@@H]4C[C@H](F)C5=CC(=O)C=C[C@]5(C)[C@H]4[C@@H](O)C[C@]3(C)[C@@]2(C(=O)COC(=O)Oc2ccc(CC(NC(C)=O)C(=O)OCCCCO[N+](=O)[O-])cc2)O1. The molecule has 4 aliphatic carbocycles. The topological polar surface area (TPSA) is 216 Å². The van der Waals surface area contributed by atoms with Crippen LogP contribution in [-0.4, -0.2) is 95.9 Å². The summed E-state index contributed by atoms with van der Waals surface area (Å²) in [5.74, 6) is -2.99. The molecule has 1 aromatic carbocycles. The number of nitrogens with one attached hydrogen (secondary N) is 1. The summed E-state index contributed by atoms with van der Waals surface area (Å²) in [4.78, 5) is 78.6. The van der Waals surface area contributed by atoms with E-state index in [0.717, 1.165) is 0 Å². The Morgan fingerprint density at radius 1 is 1.10 bits per heavy atom. The van der Waals surface area contributed by atoms with Crippen LogP contribution in [0.15, 0.2) is 48.1 Å². The van der Waals surface area contributed by atoms with E-state index in [4.69, 9.17) is 23.7 Å². The number of ketones is 2. The standard InChI is InChI=1S/C41H51FN2O14/c1-5-8-35-57-34-20-28-27-19-30(42)29-18-25(46)13-14-39(29,3)36(27)32(47)21-40(28,4)41(34,58-35)33(48)22-54-38(50)56-26-11-9-24(10-12-26)17-31(43-23(2)45)37(49)53-15-6-7-16-55-44(51)52/h9-14,18,27-28,30-32,34-36,47H,5-8,15-17,19-22H2,1-4H3,(H,43,45)/t27-,28-,30-,31?,32-,34+,35?,36+,39-,40-,41-/m0/s1. The summed E-state index contributed by atoms with van der Waals surface area (Å²) < 4.78 is 44.9. The molecule has 2 N–H and O–H groups in total. The van der Waals surface area contributed by atoms with Crippen molar-refractivity contribution in [2.75, 3.05) is 19.8 Å². The fraction of sp³-hybridized carbons (Fsp3) is 0.634. The minimum absolute atomic E-state index is 0.0319. The second-order valence-electron chi connectivity index (χ2n) is 16.3. The maximum absolute atomic E-state index is 16.0. The summed E-state index contributed by atoms with van der Waals surface area (Å²) in [6.45, 7) is 6.06. The van der Waals surface area contributed by atoms with Crippen LogP contribution < -0.4 is 10.1 Å². The zero-order valence-electron chi connectivity index (χ0n) is 33.0. The number of fused-ring (bicyclic) bond motifs is 7. The molecular weight excluding hydrogens is 763 g/mol. The van der Waals surface area contributed by atoms with Gasteiger partial charge in [0, 0.05) is 30.1 Å². The van der Waals surface area contributed by atoms with Crippen LogP contribution in [0.25, 0.3) is 0 Å². The van der Waals surface area contributed by atoms with Gasteiger partial charge < -0.3 is 38.9 Å². The zero-order valence-corrected chi connectivity index (χ0v) is 33.0. The number of amides is 1. The van der Waals surface area contributed by atoms with E-state index < -0.39 is 88.6 Å². The Morgan fingerprint density at radius 3 is 2.52 bits per heavy atom. The molecule has 17 heteroatoms. The maximum Gasteiger partial charge on any atom is 0.514 e. The Hall–Kier alpha value is -4.74. The zero-order chi connectivity index (χ0) is 42.0. The molecule has 16 nitrogen and oxygen atoms in total. The van der Waals surface area contributed by atoms with Gasteiger partial charge >= 0.3 is 12.1 Å². The lowest BCUT2D eigenvalue weighted by atomic mass is 9.46. The minimum Gasteiger partial charge on any atom is -0.464 e. The van der Waals surface area contributed by atoms with Gasteiger partial charge in [0.15, 0.2) is 24.3 Å². The molecule has 3 saturated carbocycles. The molecule has 0 spiro atoms. The molecule has 316 valence electrons. The lowest BCUT2D eigenvalue weighted by molar-refractivity contribution is -0.757. The molecule has 4 fully saturated rings. The number of rotatable bonds is 16. The molecule has 1 aromatic rings. The Labute approximate surface area is 334 Å². The summed E-state index contributed by atoms with van der Waals surface area (Å²) in [6.07, 6.45) is 1.96. The van der Waals surface area contributed by atoms with E-state index in [9.17, 15) is 39.2 Å². The van der Waals surface area contributed by atoms with E-state index in [1.807, 2.05) is 20.8 Å². The Balaban J connectivity index is 1.10. The van der Waals surface area contributed by atoms with Gasteiger partial charge in [-0.15, -0.1) is 10.1 Å². The highest BCUT2D eigenvalue weighted by Crippen LogP contribution is 2.70. The van der Waals surface area contributed by atoms with Gasteiger partial charge in [-0.3, -0.25) is 14.4 Å². The first-order valence-corrected chi connectivity index (χ1v) is 19.8. The molecule has 6 rings (SSSR count). The normalized spacial score (nSPS) is 33.7. The van der Waals surface area contributed by atoms with E-state index in [-0.39, 0.29) is 62.3 Å². The van der Waals surface area contributed by atoms with Crippen LogP contribution in [0.1, 0.15) is 78.2 Å². The van der Waals surface area contributed by atoms with Crippen LogP contribution in [0.3, 0.4) is 0 Å². The second-order valence-corrected chi connectivity index (χ2v) is 16.3. The molecule has 5 aliphatic rings. The van der Waals surface area contributed by atoms with E-state index in [1.54, 1.807) is 18.2 Å². The lowest BCUT2D eigenvalue weighted by Gasteiger charge is -2.60. The average Bonchev–Trinajstić information content (AvgIpc) is 3.64. The molecule has 0 aromatic heterocycles. The fourth-order valence-corrected chi connectivity index (χ4v) is 10.4. The number of halogens is 1. The summed E-state index contributed by atoms with van der Waals surface area (Å²) in [6, 6.07) is 5.01. The van der Waals surface area contributed by atoms with Crippen LogP contribution in [0.2, 0.25) is 0 Å². The number of ether oxygens (including phenoxy) is 5. The molecule has 2 unspecified atom stereocenters. The van der Waals surface area contributed by atoms with Crippen LogP contribution >= 0.6 is 0 Å². The highest BCUT2D eigenvalue weighted by Gasteiger charge is 2.76. The van der Waals surface area contributed by atoms with Gasteiger partial charge in [0.1, 0.15) is 18.0 Å². The van der Waals surface area contributed by atoms with Crippen molar-refractivity contribution in [2.24, 2.45) is 28.6 Å². The summed E-state index contributed by atoms with van der Waals surface area (Å²) in [7, 11) is 0. The maximum atomic E-state index is 16.0. The Kier molecular flexibility index (Phi) is 12.7. The van der Waals surface area contributed by atoms with Crippen LogP contribution in [0.5, 0.6) is 5.75 Å². The first kappa shape index (κ1) is 42.9. The summed E-state index contributed by atoms with van der Waals surface area (Å²) in [5.41, 5.74) is -2.54. The van der Waals surface area contributed by atoms with Gasteiger partial charge in [0.25, 0.3) is 5.09 Å². The molecule has 1 saturated heterocycles. The van der Waals surface area contributed by atoms with E-state index in [0.29, 0.717) is 36.8 Å². The van der Waals surface area contributed by atoms with Crippen molar-refractivity contribution in [3.05, 3.63) is 63.7 Å². The third kappa shape index (κ3) is 8.25. The van der Waals surface area contributed by atoms with Crippen LogP contribution in [-0.2, 0) is 49.4 Å². The molecule has 58 heavy (non-hydrogen) atoms. The first-order chi connectivity index (χ1) is 27.5. The van der Waals surface area contributed by atoms with Gasteiger partial charge in [-0.2, -0.15) is 0 Å². The molecule has 0 radical (unpaired) electrons. The summed E-state index contributed by atoms with van der Waals surface area (Å²) >= 11 is 0. The number of unbranched alkanes of at least 4 members (excludes halogenated alkanes) is 1. The van der Waals surface area contributed by atoms with Crippen LogP contribution in [0.4, 0.5) is 9.18 Å². The number of carbonyl (C=O) groups excluding carboxylic acids is 5. The van der Waals surface area contributed by atoms with Crippen molar-refractivity contribution in [3.8, 4) is 5.75 Å². The van der Waals surface area contributed by atoms with Gasteiger partial charge in [-0.25, -0.2) is 14.0 Å². The molecule has 1 aliphatic heterocycles. The molecular formula is C41H51FN2O14. The number of carbonyl (C=O) groups is 5. The van der Waals surface area contributed by atoms with E-state index in [1.165, 1.54) is 31.2 Å². The predicted molar refractivity (Wildman–Crippen MR) is 199 cm³/mol. The number of Topliss-reactive ketones (excluding diaryl/α,β-unsaturated/α-hetero) is 1. The van der Waals surface area contributed by atoms with Crippen molar-refractivity contribution >= 4 is 29.6 Å². The number of allylic oxidation sites excluding steroid dienone is 4. The fourth-order valence-electron chi connectivity index (χ4n) is 10.4. The Morgan fingerprint density at radius 2 is 1.83 bits per heavy atom. The number of benzene rings is 1. The van der Waals surface area contributed by atoms with E-state index >= 15 is 4.39 Å². The van der Waals surface area contributed by atoms with Gasteiger partial charge in [-0.1, -0.05) is 45.4 Å². The first-order valence-electron chi connectivity index (χ1n) is 19.8. The smallest absolute Gasteiger partial charge is 0.464 e. The van der Waals surface area contributed by atoms with Crippen molar-refractivity contribution in [2.45, 2.75) is 115 Å². The van der Waals surface area contributed by atoms with Crippen molar-refractivity contribution < 1.29 is 67.1 Å². The Bertz CT molecular complexity index is 1840. The number of nitrogens with zero attached hydrogens (tertiary/aromatic N) is 1. The molecule has 1 amide bonds. The van der Waals surface area contributed by atoms with Crippen molar-refractivity contribution in [1.82, 2.24) is 5.32 Å². The van der Waals surface area contributed by atoms with Crippen molar-refractivity contribution in [1.29, 1.82) is 0 Å². The van der Waals surface area contributed by atoms with E-state index in [2.05, 4.69) is 10.2 Å². The number of aliphatic hydroxyl groups excluding tert-OH is 1. The monoisotopic (exact) mass is 814 g/mol. The molecule has 0 bridgehead atoms. The van der Waals surface area contributed by atoms with Gasteiger partial charge in [-0.05, 0) is 85.8 Å². The molecule has 1 heterocycles. The third-order valence-corrected chi connectivity index (χ3v) is 12.7. The quantitative estimate of drug-likeness (QED) is 0.0775. The number of hydrogen-bond acceptors (Lipinski definition) is 14. The molecule has 11 atom stereocenters. The highest BCUT2D eigenvalue weighted by atomic mass is 19.1. The number of esters is 1.